The number of carbonyl (C=O) groups excluding carboxylic acids is 1. The molecule has 2 aromatic rings. The molecule has 1 saturated carbocycles. The number of carboxylic acid groups (broad SMARTS) is 1. The first kappa shape index (κ1) is 19.5. The Hall–Kier alpha value is -2.81. The van der Waals surface area contributed by atoms with Crippen molar-refractivity contribution < 1.29 is 23.8 Å². The van der Waals surface area contributed by atoms with Gasteiger partial charge in [-0.1, -0.05) is 11.6 Å². The average Bonchev–Trinajstić information content (AvgIpc) is 3.49. The van der Waals surface area contributed by atoms with Gasteiger partial charge in [0.05, 0.1) is 27.8 Å². The van der Waals surface area contributed by atoms with Crippen LogP contribution in [0.15, 0.2) is 17.1 Å². The monoisotopic (exact) mass is 423 g/mol. The maximum Gasteiger partial charge on any atom is 0.511 e. The molecule has 154 valence electrons. The molecule has 0 bridgehead atoms. The van der Waals surface area contributed by atoms with E-state index in [1.165, 1.54) is 12.3 Å². The fourth-order valence-corrected chi connectivity index (χ4v) is 4.15. The van der Waals surface area contributed by atoms with Gasteiger partial charge in [0.15, 0.2) is 11.6 Å². The van der Waals surface area contributed by atoms with E-state index in [9.17, 15) is 14.4 Å². The Morgan fingerprint density at radius 3 is 2.69 bits per heavy atom. The largest absolute Gasteiger partial charge is 0.511 e. The second kappa shape index (κ2) is 7.22. The average molecular weight is 424 g/mol. The molecule has 2 heterocycles. The van der Waals surface area contributed by atoms with Crippen LogP contribution < -0.4 is 15.1 Å². The molecule has 1 saturated heterocycles. The summed E-state index contributed by atoms with van der Waals surface area (Å²) in [5, 5.41) is 8.92. The molecule has 0 radical (unpaired) electrons. The third-order valence-corrected chi connectivity index (χ3v) is 5.71. The number of hydrogen-bond donors (Lipinski definition) is 1. The van der Waals surface area contributed by atoms with Gasteiger partial charge in [-0.25, -0.2) is 9.18 Å². The summed E-state index contributed by atoms with van der Waals surface area (Å²) >= 11 is 6.37. The number of aromatic nitrogens is 1. The maximum absolute atomic E-state index is 15.7. The van der Waals surface area contributed by atoms with Crippen LogP contribution in [0.3, 0.4) is 0 Å². The Morgan fingerprint density at radius 1 is 1.38 bits per heavy atom. The summed E-state index contributed by atoms with van der Waals surface area (Å²) in [5.41, 5.74) is -0.469. The molecule has 10 heteroatoms. The van der Waals surface area contributed by atoms with Crippen LogP contribution in [0, 0.1) is 5.82 Å². The number of fused-ring (bicyclic) bond motifs is 1. The maximum atomic E-state index is 15.7. The number of carbonyl (C=O) groups is 2. The summed E-state index contributed by atoms with van der Waals surface area (Å²) < 4.78 is 21.9. The van der Waals surface area contributed by atoms with Crippen LogP contribution >= 0.6 is 11.6 Å². The van der Waals surface area contributed by atoms with Gasteiger partial charge >= 0.3 is 6.16 Å². The zero-order chi connectivity index (χ0) is 20.9. The fraction of sp³-hybridized carbons (Fsp3) is 0.421. The van der Waals surface area contributed by atoms with E-state index in [4.69, 9.17) is 16.7 Å². The van der Waals surface area contributed by atoms with Gasteiger partial charge in [-0.3, -0.25) is 9.59 Å². The van der Waals surface area contributed by atoms with E-state index in [2.05, 4.69) is 4.74 Å². The molecule has 1 amide bonds. The molecule has 2 aliphatic rings. The highest BCUT2D eigenvalue weighted by Gasteiger charge is 2.32. The number of pyridine rings is 1. The number of ether oxygens (including phenoxy) is 1. The predicted molar refractivity (Wildman–Crippen MR) is 105 cm³/mol. The third kappa shape index (κ3) is 3.39. The van der Waals surface area contributed by atoms with E-state index in [-0.39, 0.29) is 39.4 Å². The minimum Gasteiger partial charge on any atom is -0.449 e. The van der Waals surface area contributed by atoms with Gasteiger partial charge < -0.3 is 24.2 Å². The number of halogens is 2. The molecule has 8 nitrogen and oxygen atoms in total. The minimum atomic E-state index is -1.62. The molecule has 1 aromatic heterocycles. The van der Waals surface area contributed by atoms with Crippen LogP contribution in [0.5, 0.6) is 5.75 Å². The quantitative estimate of drug-likeness (QED) is 0.600. The molecule has 1 aliphatic carbocycles. The number of rotatable bonds is 4. The Labute approximate surface area is 170 Å². The van der Waals surface area contributed by atoms with Crippen LogP contribution in [0.2, 0.25) is 5.02 Å². The first-order chi connectivity index (χ1) is 13.8. The van der Waals surface area contributed by atoms with Crippen molar-refractivity contribution in [3.8, 4) is 5.75 Å². The lowest BCUT2D eigenvalue weighted by Gasteiger charge is -2.39. The van der Waals surface area contributed by atoms with Crippen molar-refractivity contribution >= 4 is 40.8 Å². The summed E-state index contributed by atoms with van der Waals surface area (Å²) in [4.78, 5) is 38.1. The van der Waals surface area contributed by atoms with Gasteiger partial charge in [0.25, 0.3) is 0 Å². The van der Waals surface area contributed by atoms with Gasteiger partial charge in [0, 0.05) is 31.7 Å². The zero-order valence-corrected chi connectivity index (χ0v) is 16.4. The highest BCUT2D eigenvalue weighted by molar-refractivity contribution is 6.34. The molecule has 1 N–H and O–H groups in total. The van der Waals surface area contributed by atoms with E-state index >= 15 is 4.39 Å². The summed E-state index contributed by atoms with van der Waals surface area (Å²) in [5.74, 6) is -1.02. The Morgan fingerprint density at radius 2 is 2.10 bits per heavy atom. The van der Waals surface area contributed by atoms with Crippen molar-refractivity contribution in [3.63, 3.8) is 0 Å². The van der Waals surface area contributed by atoms with E-state index < -0.39 is 17.4 Å². The highest BCUT2D eigenvalue weighted by Crippen LogP contribution is 2.41. The first-order valence-corrected chi connectivity index (χ1v) is 9.63. The lowest BCUT2D eigenvalue weighted by molar-refractivity contribution is -0.120. The molecule has 2 fully saturated rings. The van der Waals surface area contributed by atoms with Gasteiger partial charge in [0.1, 0.15) is 0 Å². The standard InChI is InChI=1S/C19H19ClFN3O5/c1-10-7-22(4-5-23(10)9-25)17-13(20)6-12-16(15(17)21)24(11-2-3-11)8-14(18(12)26)29-19(27)28/h6,8-11H,2-5,7H2,1H3,(H,27,28). The highest BCUT2D eigenvalue weighted by atomic mass is 35.5. The lowest BCUT2D eigenvalue weighted by atomic mass is 10.1. The number of amides is 1. The molecular weight excluding hydrogens is 405 g/mol. The Kier molecular flexibility index (Phi) is 4.85. The number of nitrogens with zero attached hydrogens (tertiary/aromatic N) is 3. The van der Waals surface area contributed by atoms with Gasteiger partial charge in [-0.15, -0.1) is 0 Å². The van der Waals surface area contributed by atoms with E-state index in [0.717, 1.165) is 19.3 Å². The molecule has 1 atom stereocenters. The van der Waals surface area contributed by atoms with Crippen molar-refractivity contribution in [2.24, 2.45) is 0 Å². The van der Waals surface area contributed by atoms with Gasteiger partial charge in [-0.05, 0) is 25.8 Å². The Bertz CT molecular complexity index is 1070. The van der Waals surface area contributed by atoms with Crippen LogP contribution in [-0.2, 0) is 4.79 Å². The number of anilines is 1. The van der Waals surface area contributed by atoms with Crippen LogP contribution in [0.25, 0.3) is 10.9 Å². The molecule has 1 aromatic carbocycles. The molecular formula is C19H19ClFN3O5. The minimum absolute atomic E-state index is 0.0264. The van der Waals surface area contributed by atoms with Crippen LogP contribution in [0.1, 0.15) is 25.8 Å². The topological polar surface area (TPSA) is 92.1 Å². The lowest BCUT2D eigenvalue weighted by Crippen LogP contribution is -2.51. The smallest absolute Gasteiger partial charge is 0.449 e. The summed E-state index contributed by atoms with van der Waals surface area (Å²) in [6, 6.07) is 1.20. The van der Waals surface area contributed by atoms with Crippen LogP contribution in [0.4, 0.5) is 14.9 Å². The normalized spacial score (nSPS) is 19.5. The molecule has 1 unspecified atom stereocenters. The van der Waals surface area contributed by atoms with E-state index in [0.29, 0.717) is 19.6 Å². The van der Waals surface area contributed by atoms with Gasteiger partial charge in [0.2, 0.25) is 11.8 Å². The Balaban J connectivity index is 1.89. The summed E-state index contributed by atoms with van der Waals surface area (Å²) in [6.07, 6.45) is 1.99. The predicted octanol–water partition coefficient (Wildman–Crippen LogP) is 2.85. The second-order valence-corrected chi connectivity index (χ2v) is 7.79. The zero-order valence-electron chi connectivity index (χ0n) is 15.6. The van der Waals surface area contributed by atoms with Crippen LogP contribution in [-0.4, -0.2) is 52.8 Å². The SMILES string of the molecule is CC1CN(c2c(Cl)cc3c(=O)c(OC(=O)O)cn(C4CC4)c3c2F)CCN1C=O. The molecule has 0 spiro atoms. The van der Waals surface area contributed by atoms with Crippen molar-refractivity contribution in [2.45, 2.75) is 31.8 Å². The van der Waals surface area contributed by atoms with Crippen molar-refractivity contribution in [1.29, 1.82) is 0 Å². The number of benzene rings is 1. The van der Waals surface area contributed by atoms with Gasteiger partial charge in [-0.2, -0.15) is 0 Å². The second-order valence-electron chi connectivity index (χ2n) is 7.38. The molecule has 4 rings (SSSR count). The van der Waals surface area contributed by atoms with E-state index in [1.807, 2.05) is 6.92 Å². The van der Waals surface area contributed by atoms with E-state index in [1.54, 1.807) is 14.4 Å². The van der Waals surface area contributed by atoms with Crippen molar-refractivity contribution in [3.05, 3.63) is 33.3 Å². The van der Waals surface area contributed by atoms with Crippen molar-refractivity contribution in [2.75, 3.05) is 24.5 Å². The first-order valence-electron chi connectivity index (χ1n) is 9.25. The fourth-order valence-electron chi connectivity index (χ4n) is 3.84. The third-order valence-electron chi connectivity index (χ3n) is 5.42. The summed E-state index contributed by atoms with van der Waals surface area (Å²) in [7, 11) is 0. The molecule has 29 heavy (non-hydrogen) atoms. The number of piperazine rings is 1. The summed E-state index contributed by atoms with van der Waals surface area (Å²) in [6.45, 7) is 3.09. The number of hydrogen-bond acceptors (Lipinski definition) is 5. The van der Waals surface area contributed by atoms with Crippen molar-refractivity contribution in [1.82, 2.24) is 9.47 Å². The molecule has 1 aliphatic heterocycles.